The van der Waals surface area contributed by atoms with Gasteiger partial charge in [-0.2, -0.15) is 0 Å². The summed E-state index contributed by atoms with van der Waals surface area (Å²) in [6.07, 6.45) is 4.06. The Labute approximate surface area is 80.4 Å². The van der Waals surface area contributed by atoms with Crippen LogP contribution in [0.2, 0.25) is 0 Å². The lowest BCUT2D eigenvalue weighted by molar-refractivity contribution is 0.765. The monoisotopic (exact) mass is 178 g/mol. The highest BCUT2D eigenvalue weighted by Crippen LogP contribution is 2.18. The van der Waals surface area contributed by atoms with Crippen molar-refractivity contribution in [3.05, 3.63) is 23.4 Å². The van der Waals surface area contributed by atoms with Gasteiger partial charge < -0.3 is 5.32 Å². The number of rotatable bonds is 2. The van der Waals surface area contributed by atoms with E-state index in [1.165, 1.54) is 11.1 Å². The molecule has 0 aromatic heterocycles. The Morgan fingerprint density at radius 2 is 2.23 bits per heavy atom. The minimum atomic E-state index is 0.585. The first-order valence-electron chi connectivity index (χ1n) is 4.85. The predicted molar refractivity (Wildman–Crippen MR) is 57.8 cm³/mol. The number of aliphatic imine (C=N–C) groups is 1. The van der Waals surface area contributed by atoms with Crippen molar-refractivity contribution in [3.8, 4) is 0 Å². The maximum absolute atomic E-state index is 4.39. The molecule has 0 spiro atoms. The summed E-state index contributed by atoms with van der Waals surface area (Å²) in [6.45, 7) is 9.47. The fourth-order valence-corrected chi connectivity index (χ4v) is 1.28. The molecule has 0 radical (unpaired) electrons. The number of amidine groups is 1. The predicted octanol–water partition coefficient (Wildman–Crippen LogP) is 2.49. The number of allylic oxidation sites excluding steroid dienone is 1. The van der Waals surface area contributed by atoms with Crippen molar-refractivity contribution in [2.24, 2.45) is 10.9 Å². The van der Waals surface area contributed by atoms with Gasteiger partial charge in [-0.05, 0) is 25.8 Å². The van der Waals surface area contributed by atoms with Crippen molar-refractivity contribution in [1.29, 1.82) is 0 Å². The standard InChI is InChI=1S/C11H18N2/c1-5-12-11-10(6-7-13-11)9(4)8(2)3/h6-8H,5H2,1-4H3,(H,12,13)/b10-9+. The molecule has 0 saturated heterocycles. The Hall–Kier alpha value is -1.05. The van der Waals surface area contributed by atoms with E-state index >= 15 is 0 Å². The molecule has 72 valence electrons. The van der Waals surface area contributed by atoms with E-state index in [9.17, 15) is 0 Å². The van der Waals surface area contributed by atoms with Crippen LogP contribution in [0.1, 0.15) is 27.7 Å². The molecule has 13 heavy (non-hydrogen) atoms. The second kappa shape index (κ2) is 4.26. The third-order valence-electron chi connectivity index (χ3n) is 2.33. The molecule has 0 fully saturated rings. The van der Waals surface area contributed by atoms with Gasteiger partial charge in [0.2, 0.25) is 0 Å². The first-order chi connectivity index (χ1) is 6.16. The van der Waals surface area contributed by atoms with Crippen LogP contribution in [0.3, 0.4) is 0 Å². The van der Waals surface area contributed by atoms with Crippen LogP contribution in [0.15, 0.2) is 28.4 Å². The number of nitrogens with one attached hydrogen (secondary N) is 1. The highest BCUT2D eigenvalue weighted by atomic mass is 15.0. The van der Waals surface area contributed by atoms with Gasteiger partial charge in [-0.25, -0.2) is 0 Å². The van der Waals surface area contributed by atoms with Gasteiger partial charge in [0.05, 0.1) is 0 Å². The van der Waals surface area contributed by atoms with Gasteiger partial charge in [-0.3, -0.25) is 4.99 Å². The molecule has 1 aliphatic heterocycles. The van der Waals surface area contributed by atoms with Gasteiger partial charge in [-0.1, -0.05) is 19.4 Å². The maximum atomic E-state index is 4.39. The Kier molecular flexibility index (Phi) is 3.29. The molecular formula is C11H18N2. The average molecular weight is 178 g/mol. The molecule has 2 nitrogen and oxygen atoms in total. The fraction of sp³-hybridized carbons (Fsp3) is 0.545. The van der Waals surface area contributed by atoms with Crippen molar-refractivity contribution < 1.29 is 0 Å². The molecule has 0 unspecified atom stereocenters. The highest BCUT2D eigenvalue weighted by molar-refractivity contribution is 6.04. The van der Waals surface area contributed by atoms with E-state index in [-0.39, 0.29) is 0 Å². The Balaban J connectivity index is 2.96. The second-order valence-corrected chi connectivity index (χ2v) is 3.55. The maximum Gasteiger partial charge on any atom is 0.132 e. The summed E-state index contributed by atoms with van der Waals surface area (Å²) in [6, 6.07) is 0. The van der Waals surface area contributed by atoms with Crippen LogP contribution in [0.25, 0.3) is 0 Å². The molecule has 1 aliphatic rings. The molecule has 0 aromatic rings. The minimum absolute atomic E-state index is 0.585. The third kappa shape index (κ3) is 2.20. The lowest BCUT2D eigenvalue weighted by Crippen LogP contribution is -2.15. The number of hydrogen-bond acceptors (Lipinski definition) is 1. The summed E-state index contributed by atoms with van der Waals surface area (Å²) >= 11 is 0. The number of hydrogen-bond donors (Lipinski definition) is 1. The summed E-state index contributed by atoms with van der Waals surface area (Å²) in [5.41, 5.74) is 2.66. The van der Waals surface area contributed by atoms with E-state index in [1.54, 1.807) is 0 Å². The van der Waals surface area contributed by atoms with Crippen LogP contribution in [-0.2, 0) is 0 Å². The molecule has 1 heterocycles. The van der Waals surface area contributed by atoms with Gasteiger partial charge >= 0.3 is 0 Å². The summed E-state index contributed by atoms with van der Waals surface area (Å²) in [7, 11) is 0. The lowest BCUT2D eigenvalue weighted by Gasteiger charge is -2.09. The van der Waals surface area contributed by atoms with Crippen LogP contribution in [0.5, 0.6) is 0 Å². The fourth-order valence-electron chi connectivity index (χ4n) is 1.28. The topological polar surface area (TPSA) is 24.4 Å². The molecule has 2 heteroatoms. The summed E-state index contributed by atoms with van der Waals surface area (Å²) in [5, 5.41) is 3.15. The largest absolute Gasteiger partial charge is 0.346 e. The van der Waals surface area contributed by atoms with Gasteiger partial charge in [-0.15, -0.1) is 0 Å². The van der Waals surface area contributed by atoms with Crippen molar-refractivity contribution in [2.45, 2.75) is 27.7 Å². The smallest absolute Gasteiger partial charge is 0.132 e. The van der Waals surface area contributed by atoms with E-state index in [2.05, 4.69) is 44.1 Å². The zero-order chi connectivity index (χ0) is 9.84. The first kappa shape index (κ1) is 10.0. The minimum Gasteiger partial charge on any atom is -0.346 e. The van der Waals surface area contributed by atoms with E-state index in [0.717, 1.165) is 12.4 Å². The Morgan fingerprint density at radius 3 is 2.77 bits per heavy atom. The van der Waals surface area contributed by atoms with E-state index in [4.69, 9.17) is 0 Å². The van der Waals surface area contributed by atoms with E-state index in [0.29, 0.717) is 5.92 Å². The number of nitrogens with zero attached hydrogens (tertiary/aromatic N) is 1. The van der Waals surface area contributed by atoms with Gasteiger partial charge in [0, 0.05) is 18.3 Å². The van der Waals surface area contributed by atoms with Crippen LogP contribution in [-0.4, -0.2) is 12.4 Å². The molecule has 0 aliphatic carbocycles. The molecule has 0 bridgehead atoms. The molecular weight excluding hydrogens is 160 g/mol. The summed E-state index contributed by atoms with van der Waals surface area (Å²) in [4.78, 5) is 4.39. The Bertz CT molecular complexity index is 270. The third-order valence-corrected chi connectivity index (χ3v) is 2.33. The molecule has 0 aromatic carbocycles. The molecule has 0 saturated carbocycles. The Morgan fingerprint density at radius 1 is 1.54 bits per heavy atom. The first-order valence-corrected chi connectivity index (χ1v) is 4.85. The van der Waals surface area contributed by atoms with Gasteiger partial charge in [0.1, 0.15) is 5.84 Å². The van der Waals surface area contributed by atoms with Crippen LogP contribution < -0.4 is 5.32 Å². The second-order valence-electron chi connectivity index (χ2n) is 3.55. The summed E-state index contributed by atoms with van der Waals surface area (Å²) in [5.74, 6) is 1.61. The summed E-state index contributed by atoms with van der Waals surface area (Å²) < 4.78 is 0. The highest BCUT2D eigenvalue weighted by Gasteiger charge is 2.12. The van der Waals surface area contributed by atoms with Crippen LogP contribution in [0, 0.1) is 5.92 Å². The van der Waals surface area contributed by atoms with E-state index in [1.807, 2.05) is 6.20 Å². The van der Waals surface area contributed by atoms with Crippen LogP contribution in [0.4, 0.5) is 0 Å². The lowest BCUT2D eigenvalue weighted by atomic mass is 9.99. The molecule has 1 rings (SSSR count). The van der Waals surface area contributed by atoms with Crippen molar-refractivity contribution in [1.82, 2.24) is 5.32 Å². The van der Waals surface area contributed by atoms with E-state index < -0.39 is 0 Å². The van der Waals surface area contributed by atoms with Gasteiger partial charge in [0.15, 0.2) is 0 Å². The van der Waals surface area contributed by atoms with Crippen molar-refractivity contribution in [3.63, 3.8) is 0 Å². The zero-order valence-corrected chi connectivity index (χ0v) is 8.89. The zero-order valence-electron chi connectivity index (χ0n) is 8.89. The van der Waals surface area contributed by atoms with Crippen molar-refractivity contribution >= 4 is 5.84 Å². The molecule has 0 atom stereocenters. The average Bonchev–Trinajstić information content (AvgIpc) is 2.52. The molecule has 1 N–H and O–H groups in total. The van der Waals surface area contributed by atoms with Crippen LogP contribution >= 0.6 is 0 Å². The molecule has 0 amide bonds. The van der Waals surface area contributed by atoms with Crippen molar-refractivity contribution in [2.75, 3.05) is 6.54 Å². The van der Waals surface area contributed by atoms with Gasteiger partial charge in [0.25, 0.3) is 0 Å². The SMILES string of the molecule is CCN=C1NC=C/C1=C(/C)C(C)C. The normalized spacial score (nSPS) is 22.7. The quantitative estimate of drug-likeness (QED) is 0.690.